The van der Waals surface area contributed by atoms with Crippen LogP contribution in [0.2, 0.25) is 5.02 Å². The van der Waals surface area contributed by atoms with Gasteiger partial charge in [-0.15, -0.1) is 0 Å². The lowest BCUT2D eigenvalue weighted by Gasteiger charge is -2.29. The molecule has 0 unspecified atom stereocenters. The zero-order chi connectivity index (χ0) is 18.7. The second-order valence-electron chi connectivity index (χ2n) is 6.48. The van der Waals surface area contributed by atoms with Gasteiger partial charge in [0, 0.05) is 12.3 Å². The average Bonchev–Trinajstić information content (AvgIpc) is 2.59. The van der Waals surface area contributed by atoms with Crippen molar-refractivity contribution >= 4 is 23.2 Å². The van der Waals surface area contributed by atoms with E-state index in [1.54, 1.807) is 18.2 Å². The van der Waals surface area contributed by atoms with E-state index in [-0.39, 0.29) is 5.91 Å². The first-order valence-corrected chi connectivity index (χ1v) is 9.72. The molecule has 1 aromatic carbocycles. The van der Waals surface area contributed by atoms with Gasteiger partial charge in [0.25, 0.3) is 5.91 Å². The molecule has 0 bridgehead atoms. The highest BCUT2D eigenvalue weighted by Crippen LogP contribution is 2.29. The minimum Gasteiger partial charge on any atom is -0.492 e. The van der Waals surface area contributed by atoms with Crippen LogP contribution in [0.3, 0.4) is 0 Å². The molecule has 0 fully saturated rings. The molecule has 0 aliphatic rings. The monoisotopic (exact) mass is 369 g/mol. The molecule has 0 aliphatic heterocycles. The van der Waals surface area contributed by atoms with E-state index in [2.05, 4.69) is 12.2 Å². The first kappa shape index (κ1) is 21.8. The highest BCUT2D eigenvalue weighted by molar-refractivity contribution is 6.32. The van der Waals surface area contributed by atoms with Gasteiger partial charge in [0.15, 0.2) is 0 Å². The molecule has 1 N–H and O–H groups in total. The number of nitrogens with one attached hydrogen (secondary N) is 1. The molecule has 0 heterocycles. The van der Waals surface area contributed by atoms with Crippen LogP contribution in [0, 0.1) is 0 Å². The van der Waals surface area contributed by atoms with Gasteiger partial charge in [0.05, 0.1) is 11.6 Å². The van der Waals surface area contributed by atoms with Gasteiger partial charge >= 0.3 is 0 Å². The Labute approximate surface area is 157 Å². The average molecular weight is 370 g/mol. The fourth-order valence-electron chi connectivity index (χ4n) is 2.46. The number of amides is 1. The number of benzene rings is 1. The van der Waals surface area contributed by atoms with Crippen molar-refractivity contribution in [2.24, 2.45) is 0 Å². The van der Waals surface area contributed by atoms with Crippen molar-refractivity contribution in [2.45, 2.75) is 71.8 Å². The Kier molecular flexibility index (Phi) is 9.91. The van der Waals surface area contributed by atoms with Crippen molar-refractivity contribution in [3.8, 4) is 5.75 Å². The van der Waals surface area contributed by atoms with Crippen molar-refractivity contribution in [1.29, 1.82) is 0 Å². The van der Waals surface area contributed by atoms with E-state index in [9.17, 15) is 4.79 Å². The van der Waals surface area contributed by atoms with Crippen LogP contribution in [0.1, 0.15) is 66.2 Å². The molecule has 142 valence electrons. The van der Waals surface area contributed by atoms with E-state index in [1.165, 1.54) is 0 Å². The molecule has 1 rings (SSSR count). The zero-order valence-electron chi connectivity index (χ0n) is 16.0. The SMILES string of the molecule is CCCCC[C@@](C)(OCCC)C(=O)Nc1ccc(OCCC)c(Cl)c1. The van der Waals surface area contributed by atoms with E-state index in [0.717, 1.165) is 32.1 Å². The Hall–Kier alpha value is -1.26. The summed E-state index contributed by atoms with van der Waals surface area (Å²) in [6.45, 7) is 9.28. The second kappa shape index (κ2) is 11.4. The molecular weight excluding hydrogens is 338 g/mol. The first-order chi connectivity index (χ1) is 12.0. The number of rotatable bonds is 12. The number of hydrogen-bond acceptors (Lipinski definition) is 3. The van der Waals surface area contributed by atoms with Gasteiger partial charge in [0.2, 0.25) is 0 Å². The van der Waals surface area contributed by atoms with Crippen LogP contribution in [0.15, 0.2) is 18.2 Å². The Bertz CT molecular complexity index is 536. The van der Waals surface area contributed by atoms with Gasteiger partial charge in [-0.05, 0) is 44.4 Å². The summed E-state index contributed by atoms with van der Waals surface area (Å²) < 4.78 is 11.5. The fraction of sp³-hybridized carbons (Fsp3) is 0.650. The topological polar surface area (TPSA) is 47.6 Å². The molecule has 1 aromatic rings. The smallest absolute Gasteiger partial charge is 0.256 e. The summed E-state index contributed by atoms with van der Waals surface area (Å²) in [7, 11) is 0. The standard InChI is InChI=1S/C20H32ClNO3/c1-5-8-9-12-20(4,25-14-7-3)19(23)22-16-10-11-18(17(21)15-16)24-13-6-2/h10-11,15H,5-9,12-14H2,1-4H3,(H,22,23)/t20-/m1/s1. The summed E-state index contributed by atoms with van der Waals surface area (Å²) in [6, 6.07) is 5.31. The molecule has 1 amide bonds. The van der Waals surface area contributed by atoms with Gasteiger partial charge in [-0.1, -0.05) is 51.6 Å². The van der Waals surface area contributed by atoms with Crippen LogP contribution in [0.25, 0.3) is 0 Å². The third kappa shape index (κ3) is 7.25. The van der Waals surface area contributed by atoms with Crippen LogP contribution >= 0.6 is 11.6 Å². The molecule has 0 spiro atoms. The first-order valence-electron chi connectivity index (χ1n) is 9.34. The summed E-state index contributed by atoms with van der Waals surface area (Å²) in [5.41, 5.74) is -0.171. The summed E-state index contributed by atoms with van der Waals surface area (Å²) in [4.78, 5) is 12.8. The van der Waals surface area contributed by atoms with Crippen LogP contribution in [-0.2, 0) is 9.53 Å². The summed E-state index contributed by atoms with van der Waals surface area (Å²) in [5, 5.41) is 3.43. The maximum atomic E-state index is 12.8. The summed E-state index contributed by atoms with van der Waals surface area (Å²) >= 11 is 6.24. The quantitative estimate of drug-likeness (QED) is 0.471. The highest BCUT2D eigenvalue weighted by atomic mass is 35.5. The number of unbranched alkanes of at least 4 members (excludes halogenated alkanes) is 2. The van der Waals surface area contributed by atoms with E-state index < -0.39 is 5.60 Å². The predicted octanol–water partition coefficient (Wildman–Crippen LogP) is 5.83. The van der Waals surface area contributed by atoms with Crippen LogP contribution in [-0.4, -0.2) is 24.7 Å². The normalized spacial score (nSPS) is 13.3. The third-order valence-corrected chi connectivity index (χ3v) is 4.31. The summed E-state index contributed by atoms with van der Waals surface area (Å²) in [5.74, 6) is 0.504. The van der Waals surface area contributed by atoms with E-state index in [0.29, 0.717) is 36.1 Å². The largest absolute Gasteiger partial charge is 0.492 e. The molecule has 5 heteroatoms. The number of anilines is 1. The minimum atomic E-state index is -0.824. The number of ether oxygens (including phenoxy) is 2. The molecular formula is C20H32ClNO3. The molecule has 0 aromatic heterocycles. The van der Waals surface area contributed by atoms with Gasteiger partial charge < -0.3 is 14.8 Å². The van der Waals surface area contributed by atoms with Crippen LogP contribution in [0.4, 0.5) is 5.69 Å². The second-order valence-corrected chi connectivity index (χ2v) is 6.89. The lowest BCUT2D eigenvalue weighted by Crippen LogP contribution is -2.43. The van der Waals surface area contributed by atoms with Gasteiger partial charge in [0.1, 0.15) is 11.4 Å². The van der Waals surface area contributed by atoms with E-state index >= 15 is 0 Å². The molecule has 0 saturated carbocycles. The summed E-state index contributed by atoms with van der Waals surface area (Å²) in [6.07, 6.45) is 5.67. The van der Waals surface area contributed by atoms with Crippen molar-refractivity contribution < 1.29 is 14.3 Å². The Morgan fingerprint density at radius 3 is 2.44 bits per heavy atom. The predicted molar refractivity (Wildman–Crippen MR) is 105 cm³/mol. The Balaban J connectivity index is 2.79. The molecule has 0 radical (unpaired) electrons. The lowest BCUT2D eigenvalue weighted by molar-refractivity contribution is -0.140. The third-order valence-electron chi connectivity index (χ3n) is 4.01. The molecule has 4 nitrogen and oxygen atoms in total. The van der Waals surface area contributed by atoms with Crippen molar-refractivity contribution in [2.75, 3.05) is 18.5 Å². The maximum absolute atomic E-state index is 12.8. The fourth-order valence-corrected chi connectivity index (χ4v) is 2.70. The maximum Gasteiger partial charge on any atom is 0.256 e. The molecule has 1 atom stereocenters. The van der Waals surface area contributed by atoms with Crippen molar-refractivity contribution in [3.05, 3.63) is 23.2 Å². The number of halogens is 1. The van der Waals surface area contributed by atoms with Crippen molar-refractivity contribution in [1.82, 2.24) is 0 Å². The van der Waals surface area contributed by atoms with Gasteiger partial charge in [-0.3, -0.25) is 4.79 Å². The van der Waals surface area contributed by atoms with Crippen molar-refractivity contribution in [3.63, 3.8) is 0 Å². The molecule has 25 heavy (non-hydrogen) atoms. The van der Waals surface area contributed by atoms with Gasteiger partial charge in [-0.2, -0.15) is 0 Å². The molecule has 0 saturated heterocycles. The number of hydrogen-bond donors (Lipinski definition) is 1. The Morgan fingerprint density at radius 2 is 1.84 bits per heavy atom. The van der Waals surface area contributed by atoms with Gasteiger partial charge in [-0.25, -0.2) is 0 Å². The highest BCUT2D eigenvalue weighted by Gasteiger charge is 2.33. The number of carbonyl (C=O) groups excluding carboxylic acids is 1. The minimum absolute atomic E-state index is 0.129. The zero-order valence-corrected chi connectivity index (χ0v) is 16.7. The Morgan fingerprint density at radius 1 is 1.12 bits per heavy atom. The lowest BCUT2D eigenvalue weighted by atomic mass is 9.96. The number of carbonyl (C=O) groups is 1. The van der Waals surface area contributed by atoms with Crippen LogP contribution < -0.4 is 10.1 Å². The van der Waals surface area contributed by atoms with E-state index in [1.807, 2.05) is 20.8 Å². The molecule has 0 aliphatic carbocycles. The van der Waals surface area contributed by atoms with E-state index in [4.69, 9.17) is 21.1 Å². The van der Waals surface area contributed by atoms with Crippen LogP contribution in [0.5, 0.6) is 5.75 Å².